The summed E-state index contributed by atoms with van der Waals surface area (Å²) in [5.41, 5.74) is -3.61. The van der Waals surface area contributed by atoms with Crippen molar-refractivity contribution in [2.45, 2.75) is 46.5 Å². The van der Waals surface area contributed by atoms with Gasteiger partial charge in [0, 0.05) is 20.9 Å². The van der Waals surface area contributed by atoms with Gasteiger partial charge >= 0.3 is 0 Å². The van der Waals surface area contributed by atoms with E-state index in [4.69, 9.17) is 0 Å². The fraction of sp³-hybridized carbons (Fsp3) is 0.474. The van der Waals surface area contributed by atoms with Crippen LogP contribution in [0.1, 0.15) is 36.1 Å². The lowest BCUT2D eigenvalue weighted by Gasteiger charge is -2.34. The minimum atomic E-state index is -3.69. The molecule has 0 saturated heterocycles. The number of rotatable bonds is 4. The van der Waals surface area contributed by atoms with Crippen LogP contribution < -0.4 is 0 Å². The Balaban J connectivity index is 2.87. The highest BCUT2D eigenvalue weighted by molar-refractivity contribution is 8.02. The Morgan fingerprint density at radius 2 is 1.72 bits per heavy atom. The monoisotopic (exact) mass is 390 g/mol. The predicted octanol–water partition coefficient (Wildman–Crippen LogP) is 7.25. The van der Waals surface area contributed by atoms with Crippen molar-refractivity contribution in [1.29, 1.82) is 0 Å². The molecule has 1 aromatic heterocycles. The summed E-state index contributed by atoms with van der Waals surface area (Å²) in [7, 11) is 0. The molecule has 0 aromatic carbocycles. The first-order chi connectivity index (χ1) is 11.3. The summed E-state index contributed by atoms with van der Waals surface area (Å²) in [6.45, 7) is 10.8. The minimum Gasteiger partial charge on any atom is -0.200 e. The first-order valence-corrected chi connectivity index (χ1v) is 9.83. The average molecular weight is 391 g/mol. The Bertz CT molecular complexity index is 779. The third kappa shape index (κ3) is 2.91. The summed E-state index contributed by atoms with van der Waals surface area (Å²) in [6, 6.07) is 1.57. The topological polar surface area (TPSA) is 0 Å². The maximum atomic E-state index is 15.2. The van der Waals surface area contributed by atoms with E-state index in [9.17, 15) is 0 Å². The Hall–Kier alpha value is -1.01. The van der Waals surface area contributed by atoms with E-state index < -0.39 is 28.4 Å². The lowest BCUT2D eigenvalue weighted by Crippen LogP contribution is -2.45. The summed E-state index contributed by atoms with van der Waals surface area (Å²) in [4.78, 5) is 2.15. The van der Waals surface area contributed by atoms with E-state index in [-0.39, 0.29) is 11.1 Å². The summed E-state index contributed by atoms with van der Waals surface area (Å²) in [5.74, 6) is -7.37. The van der Waals surface area contributed by atoms with Crippen LogP contribution in [0.25, 0.3) is 5.57 Å². The van der Waals surface area contributed by atoms with Gasteiger partial charge in [0.1, 0.15) is 5.41 Å². The molecule has 1 aliphatic rings. The van der Waals surface area contributed by atoms with Crippen molar-refractivity contribution in [3.05, 3.63) is 50.1 Å². The Kier molecular flexibility index (Phi) is 5.12. The molecule has 1 aromatic rings. The number of thiophene rings is 1. The molecule has 0 nitrogen and oxygen atoms in total. The second-order valence-corrected chi connectivity index (χ2v) is 9.35. The quantitative estimate of drug-likeness (QED) is 0.385. The van der Waals surface area contributed by atoms with E-state index in [0.29, 0.717) is 4.88 Å². The molecule has 6 heteroatoms. The molecule has 0 radical (unpaired) electrons. The summed E-state index contributed by atoms with van der Waals surface area (Å²) in [5, 5.41) is 0. The Morgan fingerprint density at radius 3 is 2.16 bits per heavy atom. The van der Waals surface area contributed by atoms with Crippen molar-refractivity contribution in [3.8, 4) is 0 Å². The zero-order valence-electron chi connectivity index (χ0n) is 15.2. The first-order valence-electron chi connectivity index (χ1n) is 7.78. The number of hydrogen-bond donors (Lipinski definition) is 0. The minimum absolute atomic E-state index is 0.0552. The van der Waals surface area contributed by atoms with Crippen molar-refractivity contribution in [2.24, 2.45) is 5.41 Å². The highest BCUT2D eigenvalue weighted by Crippen LogP contribution is 2.65. The SMILES string of the molecule is C=C(/C=C(/C)SC)C1=C(c2cc(C)sc2C)C(F)(F)C(C)(C)C1(F)F. The highest BCUT2D eigenvalue weighted by Gasteiger charge is 2.72. The van der Waals surface area contributed by atoms with Gasteiger partial charge in [-0.05, 0) is 69.1 Å². The van der Waals surface area contributed by atoms with Gasteiger partial charge in [0.2, 0.25) is 0 Å². The molecule has 1 aliphatic carbocycles. The second-order valence-electron chi connectivity index (χ2n) is 6.84. The van der Waals surface area contributed by atoms with E-state index in [1.54, 1.807) is 33.1 Å². The van der Waals surface area contributed by atoms with E-state index >= 15 is 17.6 Å². The molecule has 0 amide bonds. The molecule has 138 valence electrons. The van der Waals surface area contributed by atoms with Crippen LogP contribution in [0, 0.1) is 19.3 Å². The van der Waals surface area contributed by atoms with Crippen LogP contribution in [0.2, 0.25) is 0 Å². The van der Waals surface area contributed by atoms with Gasteiger partial charge in [-0.25, -0.2) is 17.6 Å². The largest absolute Gasteiger partial charge is 0.285 e. The Labute approximate surface area is 154 Å². The molecule has 0 atom stereocenters. The van der Waals surface area contributed by atoms with Crippen LogP contribution in [0.15, 0.2) is 34.8 Å². The molecule has 0 unspecified atom stereocenters. The van der Waals surface area contributed by atoms with Crippen LogP contribution in [-0.4, -0.2) is 18.1 Å². The van der Waals surface area contributed by atoms with Crippen LogP contribution in [0.4, 0.5) is 17.6 Å². The molecule has 2 rings (SSSR count). The third-order valence-electron chi connectivity index (χ3n) is 4.78. The number of thioether (sulfide) groups is 1. The third-order valence-corrected chi connectivity index (χ3v) is 6.51. The molecule has 0 saturated carbocycles. The van der Waals surface area contributed by atoms with E-state index in [2.05, 4.69) is 6.58 Å². The van der Waals surface area contributed by atoms with E-state index in [0.717, 1.165) is 23.6 Å². The van der Waals surface area contributed by atoms with Gasteiger partial charge in [-0.15, -0.1) is 23.1 Å². The summed E-state index contributed by atoms with van der Waals surface area (Å²) in [6.07, 6.45) is 3.26. The van der Waals surface area contributed by atoms with Crippen LogP contribution in [0.3, 0.4) is 0 Å². The lowest BCUT2D eigenvalue weighted by atomic mass is 9.81. The van der Waals surface area contributed by atoms with Crippen molar-refractivity contribution in [1.82, 2.24) is 0 Å². The fourth-order valence-corrected chi connectivity index (χ4v) is 4.25. The predicted molar refractivity (Wildman–Crippen MR) is 101 cm³/mol. The first kappa shape index (κ1) is 20.3. The van der Waals surface area contributed by atoms with Gasteiger partial charge in [-0.1, -0.05) is 6.58 Å². The van der Waals surface area contributed by atoms with Gasteiger partial charge < -0.3 is 0 Å². The molecule has 0 fully saturated rings. The fourth-order valence-electron chi connectivity index (χ4n) is 3.06. The van der Waals surface area contributed by atoms with Crippen LogP contribution in [-0.2, 0) is 0 Å². The molecule has 0 aliphatic heterocycles. The number of alkyl halides is 4. The van der Waals surface area contributed by atoms with Gasteiger partial charge in [-0.2, -0.15) is 0 Å². The van der Waals surface area contributed by atoms with Crippen LogP contribution >= 0.6 is 23.1 Å². The molecule has 1 heterocycles. The molecule has 25 heavy (non-hydrogen) atoms. The number of hydrogen-bond acceptors (Lipinski definition) is 2. The van der Waals surface area contributed by atoms with Crippen molar-refractivity contribution >= 4 is 28.7 Å². The zero-order chi connectivity index (χ0) is 19.4. The van der Waals surface area contributed by atoms with Gasteiger partial charge in [-0.3, -0.25) is 0 Å². The Morgan fingerprint density at radius 1 is 1.16 bits per heavy atom. The molecule has 0 bridgehead atoms. The number of allylic oxidation sites excluding steroid dienone is 5. The molecule has 0 N–H and O–H groups in total. The number of aryl methyl sites for hydroxylation is 2. The van der Waals surface area contributed by atoms with Crippen molar-refractivity contribution in [3.63, 3.8) is 0 Å². The average Bonchev–Trinajstić information content (AvgIpc) is 2.85. The molecule has 0 spiro atoms. The zero-order valence-corrected chi connectivity index (χ0v) is 16.8. The molecular formula is C19H22F4S2. The van der Waals surface area contributed by atoms with E-state index in [1.807, 2.05) is 0 Å². The van der Waals surface area contributed by atoms with E-state index in [1.165, 1.54) is 29.2 Å². The summed E-state index contributed by atoms with van der Waals surface area (Å²) >= 11 is 2.69. The highest BCUT2D eigenvalue weighted by atomic mass is 32.2. The standard InChI is InChI=1S/C19H22F4S2/c1-10(8-11(2)24-7)15-16(14-9-12(3)25-13(14)4)19(22,23)17(5,6)18(15,20)21/h8-9H,1H2,2-7H3/b11-8-. The maximum absolute atomic E-state index is 15.2. The number of halogens is 4. The summed E-state index contributed by atoms with van der Waals surface area (Å²) < 4.78 is 60.6. The second kappa shape index (κ2) is 6.31. The lowest BCUT2D eigenvalue weighted by molar-refractivity contribution is -0.158. The van der Waals surface area contributed by atoms with Crippen molar-refractivity contribution < 1.29 is 17.6 Å². The van der Waals surface area contributed by atoms with Gasteiger partial charge in [0.05, 0.1) is 0 Å². The smallest absolute Gasteiger partial charge is 0.200 e. The van der Waals surface area contributed by atoms with Gasteiger partial charge in [0.25, 0.3) is 11.8 Å². The van der Waals surface area contributed by atoms with Crippen molar-refractivity contribution in [2.75, 3.05) is 6.26 Å². The van der Waals surface area contributed by atoms with Gasteiger partial charge in [0.15, 0.2) is 0 Å². The normalized spacial score (nSPS) is 21.8. The maximum Gasteiger partial charge on any atom is 0.285 e. The molecular weight excluding hydrogens is 368 g/mol. The van der Waals surface area contributed by atoms with Crippen LogP contribution in [0.5, 0.6) is 0 Å².